The van der Waals surface area contributed by atoms with E-state index in [0.717, 1.165) is 13.1 Å². The van der Waals surface area contributed by atoms with Crippen LogP contribution in [-0.4, -0.2) is 62.9 Å². The van der Waals surface area contributed by atoms with Crippen LogP contribution in [0.25, 0.3) is 0 Å². The Hall–Kier alpha value is -1.16. The number of rotatable bonds is 5. The Kier molecular flexibility index (Phi) is 4.17. The highest BCUT2D eigenvalue weighted by Gasteiger charge is 2.19. The van der Waals surface area contributed by atoms with Crippen molar-refractivity contribution in [3.05, 3.63) is 6.20 Å². The van der Waals surface area contributed by atoms with Crippen LogP contribution in [0.15, 0.2) is 11.1 Å². The molecule has 1 aliphatic rings. The Morgan fingerprint density at radius 3 is 2.83 bits per heavy atom. The second-order valence-electron chi connectivity index (χ2n) is 4.00. The first kappa shape index (κ1) is 13.3. The molecule has 0 aromatic carbocycles. The maximum atomic E-state index is 11.9. The van der Waals surface area contributed by atoms with Crippen molar-refractivity contribution >= 4 is 15.8 Å². The average molecular weight is 275 g/mol. The second kappa shape index (κ2) is 5.65. The van der Waals surface area contributed by atoms with Crippen LogP contribution in [-0.2, 0) is 14.8 Å². The van der Waals surface area contributed by atoms with Gasteiger partial charge >= 0.3 is 0 Å². The van der Waals surface area contributed by atoms with Gasteiger partial charge in [-0.15, -0.1) is 0 Å². The summed E-state index contributed by atoms with van der Waals surface area (Å²) in [7, 11) is -3.58. The molecule has 8 nitrogen and oxygen atoms in total. The molecule has 0 amide bonds. The van der Waals surface area contributed by atoms with E-state index in [4.69, 9.17) is 10.5 Å². The zero-order chi connectivity index (χ0) is 13.0. The van der Waals surface area contributed by atoms with Gasteiger partial charge < -0.3 is 10.5 Å². The highest BCUT2D eigenvalue weighted by Crippen LogP contribution is 2.13. The molecule has 9 heteroatoms. The first-order chi connectivity index (χ1) is 8.59. The number of aromatic amines is 1. The maximum absolute atomic E-state index is 11.9. The summed E-state index contributed by atoms with van der Waals surface area (Å²) in [5.41, 5.74) is 5.48. The van der Waals surface area contributed by atoms with Crippen LogP contribution in [0.2, 0.25) is 0 Å². The van der Waals surface area contributed by atoms with Gasteiger partial charge in [0.25, 0.3) is 0 Å². The Morgan fingerprint density at radius 1 is 1.50 bits per heavy atom. The summed E-state index contributed by atoms with van der Waals surface area (Å²) < 4.78 is 31.4. The summed E-state index contributed by atoms with van der Waals surface area (Å²) in [5, 5.41) is 5.99. The molecular weight excluding hydrogens is 258 g/mol. The summed E-state index contributed by atoms with van der Waals surface area (Å²) in [6, 6.07) is 0. The molecule has 0 saturated carbocycles. The number of nitrogens with one attached hydrogen (secondary N) is 2. The molecule has 4 N–H and O–H groups in total. The van der Waals surface area contributed by atoms with Crippen LogP contribution in [0, 0.1) is 0 Å². The molecule has 0 aliphatic carbocycles. The van der Waals surface area contributed by atoms with Crippen molar-refractivity contribution in [2.24, 2.45) is 0 Å². The van der Waals surface area contributed by atoms with Crippen molar-refractivity contribution < 1.29 is 13.2 Å². The van der Waals surface area contributed by atoms with E-state index >= 15 is 0 Å². The number of ether oxygens (including phenoxy) is 1. The lowest BCUT2D eigenvalue weighted by molar-refractivity contribution is 0.0390. The van der Waals surface area contributed by atoms with Gasteiger partial charge in [-0.1, -0.05) is 0 Å². The highest BCUT2D eigenvalue weighted by molar-refractivity contribution is 7.89. The van der Waals surface area contributed by atoms with Crippen LogP contribution < -0.4 is 10.5 Å². The van der Waals surface area contributed by atoms with E-state index in [-0.39, 0.29) is 10.7 Å². The van der Waals surface area contributed by atoms with Gasteiger partial charge in [-0.3, -0.25) is 10.00 Å². The smallest absolute Gasteiger partial charge is 0.245 e. The zero-order valence-corrected chi connectivity index (χ0v) is 10.7. The van der Waals surface area contributed by atoms with E-state index in [1.165, 1.54) is 6.20 Å². The molecule has 0 spiro atoms. The summed E-state index contributed by atoms with van der Waals surface area (Å²) in [6.45, 7) is 4.04. The quantitative estimate of drug-likeness (QED) is 0.609. The first-order valence-electron chi connectivity index (χ1n) is 5.68. The molecule has 1 aliphatic heterocycles. The number of hydrogen-bond acceptors (Lipinski definition) is 6. The van der Waals surface area contributed by atoms with Gasteiger partial charge in [0.05, 0.1) is 19.4 Å². The normalized spacial score (nSPS) is 18.0. The summed E-state index contributed by atoms with van der Waals surface area (Å²) in [6.07, 6.45) is 1.20. The molecule has 1 fully saturated rings. The summed E-state index contributed by atoms with van der Waals surface area (Å²) >= 11 is 0. The van der Waals surface area contributed by atoms with Crippen LogP contribution in [0.4, 0.5) is 5.82 Å². The number of hydrogen-bond donors (Lipinski definition) is 3. The second-order valence-corrected chi connectivity index (χ2v) is 5.74. The first-order valence-corrected chi connectivity index (χ1v) is 7.16. The fourth-order valence-corrected chi connectivity index (χ4v) is 2.78. The van der Waals surface area contributed by atoms with Crippen molar-refractivity contribution in [2.45, 2.75) is 4.90 Å². The molecular formula is C9H17N5O3S. The fraction of sp³-hybridized carbons (Fsp3) is 0.667. The average Bonchev–Trinajstić information content (AvgIpc) is 2.77. The third kappa shape index (κ3) is 3.19. The Bertz CT molecular complexity index is 480. The van der Waals surface area contributed by atoms with Gasteiger partial charge in [0, 0.05) is 26.2 Å². The van der Waals surface area contributed by atoms with Crippen LogP contribution in [0.3, 0.4) is 0 Å². The SMILES string of the molecule is Nc1[nH]ncc1S(=O)(=O)NCCN1CCOCC1. The Balaban J connectivity index is 1.84. The molecule has 1 aromatic rings. The predicted octanol–water partition coefficient (Wildman–Crippen LogP) is -1.40. The molecule has 18 heavy (non-hydrogen) atoms. The molecule has 2 heterocycles. The van der Waals surface area contributed by atoms with E-state index in [1.807, 2.05) is 0 Å². The Labute approximate surface area is 106 Å². The van der Waals surface area contributed by atoms with Crippen LogP contribution in [0.1, 0.15) is 0 Å². The third-order valence-electron chi connectivity index (χ3n) is 2.75. The molecule has 0 bridgehead atoms. The maximum Gasteiger partial charge on any atom is 0.245 e. The van der Waals surface area contributed by atoms with Crippen LogP contribution >= 0.6 is 0 Å². The highest BCUT2D eigenvalue weighted by atomic mass is 32.2. The monoisotopic (exact) mass is 275 g/mol. The van der Waals surface area contributed by atoms with Gasteiger partial charge in [0.2, 0.25) is 10.0 Å². The van der Waals surface area contributed by atoms with Crippen molar-refractivity contribution in [2.75, 3.05) is 45.1 Å². The summed E-state index contributed by atoms with van der Waals surface area (Å²) in [5.74, 6) is 0.0499. The predicted molar refractivity (Wildman–Crippen MR) is 65.4 cm³/mol. The van der Waals surface area contributed by atoms with E-state index in [1.54, 1.807) is 0 Å². The van der Waals surface area contributed by atoms with E-state index in [2.05, 4.69) is 19.8 Å². The van der Waals surface area contributed by atoms with Gasteiger partial charge in [0.15, 0.2) is 0 Å². The standard InChI is InChI=1S/C9H17N5O3S/c10-9-8(7-11-13-9)18(15,16)12-1-2-14-3-5-17-6-4-14/h7,12H,1-6H2,(H3,10,11,13). The van der Waals surface area contributed by atoms with E-state index < -0.39 is 10.0 Å². The molecule has 0 atom stereocenters. The number of nitrogens with zero attached hydrogens (tertiary/aromatic N) is 2. The number of sulfonamides is 1. The molecule has 2 rings (SSSR count). The van der Waals surface area contributed by atoms with E-state index in [0.29, 0.717) is 26.3 Å². The van der Waals surface area contributed by atoms with Gasteiger partial charge in [-0.25, -0.2) is 13.1 Å². The number of morpholine rings is 1. The largest absolute Gasteiger partial charge is 0.383 e. The van der Waals surface area contributed by atoms with Crippen LogP contribution in [0.5, 0.6) is 0 Å². The summed E-state index contributed by atoms with van der Waals surface area (Å²) in [4.78, 5) is 2.13. The van der Waals surface area contributed by atoms with Crippen molar-refractivity contribution in [1.29, 1.82) is 0 Å². The molecule has 1 aromatic heterocycles. The minimum atomic E-state index is -3.58. The number of aromatic nitrogens is 2. The number of anilines is 1. The number of nitrogens with two attached hydrogens (primary N) is 1. The van der Waals surface area contributed by atoms with Gasteiger partial charge in [0.1, 0.15) is 10.7 Å². The topological polar surface area (TPSA) is 113 Å². The Morgan fingerprint density at radius 2 is 2.22 bits per heavy atom. The van der Waals surface area contributed by atoms with Gasteiger partial charge in [-0.05, 0) is 0 Å². The minimum absolute atomic E-state index is 0.00974. The van der Waals surface area contributed by atoms with E-state index in [9.17, 15) is 8.42 Å². The zero-order valence-electron chi connectivity index (χ0n) is 9.92. The van der Waals surface area contributed by atoms with Gasteiger partial charge in [-0.2, -0.15) is 5.10 Å². The number of nitrogen functional groups attached to an aromatic ring is 1. The molecule has 0 unspecified atom stereocenters. The number of H-pyrrole nitrogens is 1. The van der Waals surface area contributed by atoms with Crippen molar-refractivity contribution in [3.63, 3.8) is 0 Å². The molecule has 1 saturated heterocycles. The lowest BCUT2D eigenvalue weighted by Crippen LogP contribution is -2.41. The van der Waals surface area contributed by atoms with Crippen molar-refractivity contribution in [3.8, 4) is 0 Å². The molecule has 102 valence electrons. The lowest BCUT2D eigenvalue weighted by Gasteiger charge is -2.26. The fourth-order valence-electron chi connectivity index (χ4n) is 1.74. The van der Waals surface area contributed by atoms with Crippen molar-refractivity contribution in [1.82, 2.24) is 19.8 Å². The third-order valence-corrected chi connectivity index (χ3v) is 4.23. The molecule has 0 radical (unpaired) electrons. The lowest BCUT2D eigenvalue weighted by atomic mass is 10.4. The minimum Gasteiger partial charge on any atom is -0.383 e.